The Morgan fingerprint density at radius 2 is 2.17 bits per heavy atom. The molecule has 1 unspecified atom stereocenters. The Morgan fingerprint density at radius 3 is 2.72 bits per heavy atom. The maximum absolute atomic E-state index is 12.3. The Kier molecular flexibility index (Phi) is 4.42. The minimum atomic E-state index is -0.126. The summed E-state index contributed by atoms with van der Waals surface area (Å²) >= 11 is 1.83. The number of rotatable bonds is 5. The minimum absolute atomic E-state index is 0.126. The topological polar surface area (TPSA) is 32.7 Å². The molecule has 96 valence electrons. The van der Waals surface area contributed by atoms with Gasteiger partial charge in [0.15, 0.2) is 5.78 Å². The average Bonchev–Trinajstić information content (AvgIpc) is 2.82. The van der Waals surface area contributed by atoms with Crippen LogP contribution in [0.3, 0.4) is 0 Å². The highest BCUT2D eigenvalue weighted by molar-refractivity contribution is 7.99. The summed E-state index contributed by atoms with van der Waals surface area (Å²) in [6.45, 7) is 2.74. The first kappa shape index (κ1) is 13.1. The van der Waals surface area contributed by atoms with Crippen LogP contribution in [0.25, 0.3) is 0 Å². The molecular formula is C14H18N2OS. The first-order valence-electron chi connectivity index (χ1n) is 6.21. The number of likely N-dealkylation sites (N-methyl/N-ethyl adjacent to an activating group) is 1. The van der Waals surface area contributed by atoms with Crippen LogP contribution in [0.4, 0.5) is 0 Å². The van der Waals surface area contributed by atoms with E-state index in [-0.39, 0.29) is 11.8 Å². The molecular weight excluding hydrogens is 244 g/mol. The lowest BCUT2D eigenvalue weighted by molar-refractivity contribution is 0.0919. The third kappa shape index (κ3) is 2.93. The van der Waals surface area contributed by atoms with Gasteiger partial charge in [-0.15, -0.1) is 11.8 Å². The molecule has 1 aromatic carbocycles. The van der Waals surface area contributed by atoms with Crippen LogP contribution < -0.4 is 0 Å². The van der Waals surface area contributed by atoms with Gasteiger partial charge in [0.25, 0.3) is 0 Å². The lowest BCUT2D eigenvalue weighted by Gasteiger charge is -2.17. The van der Waals surface area contributed by atoms with E-state index in [0.29, 0.717) is 6.54 Å². The molecule has 0 saturated heterocycles. The number of hydrogen-bond donors (Lipinski definition) is 0. The maximum Gasteiger partial charge on any atom is 0.187 e. The van der Waals surface area contributed by atoms with E-state index in [9.17, 15) is 4.79 Å². The van der Waals surface area contributed by atoms with Crippen molar-refractivity contribution in [2.45, 2.75) is 24.3 Å². The van der Waals surface area contributed by atoms with Crippen LogP contribution in [0, 0.1) is 0 Å². The summed E-state index contributed by atoms with van der Waals surface area (Å²) in [4.78, 5) is 19.5. The van der Waals surface area contributed by atoms with Crippen molar-refractivity contribution in [1.82, 2.24) is 4.90 Å². The van der Waals surface area contributed by atoms with Gasteiger partial charge in [0.2, 0.25) is 0 Å². The number of carbonyl (C=O) groups excluding carboxylic acids is 1. The summed E-state index contributed by atoms with van der Waals surface area (Å²) in [5.74, 6) is 1.27. The van der Waals surface area contributed by atoms with E-state index in [2.05, 4.69) is 11.9 Å². The molecule has 1 aliphatic rings. The molecule has 0 spiro atoms. The third-order valence-electron chi connectivity index (χ3n) is 2.95. The molecule has 1 aliphatic heterocycles. The van der Waals surface area contributed by atoms with Crippen LogP contribution in [0.2, 0.25) is 0 Å². The molecule has 0 aliphatic carbocycles. The van der Waals surface area contributed by atoms with Gasteiger partial charge in [-0.3, -0.25) is 9.79 Å². The Balaban J connectivity index is 2.03. The molecule has 2 rings (SSSR count). The number of carbonyl (C=O) groups is 1. The van der Waals surface area contributed by atoms with E-state index in [1.54, 1.807) is 6.34 Å². The number of ketones is 1. The van der Waals surface area contributed by atoms with Crippen molar-refractivity contribution in [1.29, 1.82) is 0 Å². The monoisotopic (exact) mass is 262 g/mol. The number of nitrogens with zero attached hydrogens (tertiary/aromatic N) is 2. The Labute approximate surface area is 112 Å². The zero-order valence-corrected chi connectivity index (χ0v) is 11.6. The number of thioether (sulfide) groups is 1. The lowest BCUT2D eigenvalue weighted by Crippen LogP contribution is -2.35. The summed E-state index contributed by atoms with van der Waals surface area (Å²) in [6.07, 6.45) is 2.89. The Bertz CT molecular complexity index is 442. The predicted octanol–water partition coefficient (Wildman–Crippen LogP) is 2.71. The van der Waals surface area contributed by atoms with Crippen molar-refractivity contribution in [3.05, 3.63) is 29.8 Å². The first-order valence-corrected chi connectivity index (χ1v) is 7.20. The SMILES string of the molecule is CCCSc1ccc(C(=O)C2CN=CN2C)cc1. The molecule has 3 nitrogen and oxygen atoms in total. The molecule has 1 heterocycles. The fourth-order valence-corrected chi connectivity index (χ4v) is 2.65. The zero-order valence-electron chi connectivity index (χ0n) is 10.8. The number of aliphatic imine (C=N–C) groups is 1. The standard InChI is InChI=1S/C14H18N2OS/c1-3-8-18-12-6-4-11(5-7-12)14(17)13-9-15-10-16(13)2/h4-7,10,13H,3,8-9H2,1-2H3. The van der Waals surface area contributed by atoms with Gasteiger partial charge in [-0.2, -0.15) is 0 Å². The molecule has 18 heavy (non-hydrogen) atoms. The fraction of sp³-hybridized carbons (Fsp3) is 0.429. The molecule has 0 bridgehead atoms. The summed E-state index contributed by atoms with van der Waals surface area (Å²) in [7, 11) is 1.89. The van der Waals surface area contributed by atoms with Gasteiger partial charge < -0.3 is 4.90 Å². The normalized spacial score (nSPS) is 18.3. The van der Waals surface area contributed by atoms with Crippen molar-refractivity contribution in [3.8, 4) is 0 Å². The van der Waals surface area contributed by atoms with Crippen molar-refractivity contribution in [2.75, 3.05) is 19.3 Å². The van der Waals surface area contributed by atoms with Crippen LogP contribution in [-0.4, -0.2) is 42.4 Å². The van der Waals surface area contributed by atoms with Gasteiger partial charge in [0.05, 0.1) is 12.9 Å². The molecule has 0 fully saturated rings. The van der Waals surface area contributed by atoms with Crippen LogP contribution in [0.15, 0.2) is 34.2 Å². The van der Waals surface area contributed by atoms with E-state index in [4.69, 9.17) is 0 Å². The van der Waals surface area contributed by atoms with Gasteiger partial charge in [0.1, 0.15) is 6.04 Å². The highest BCUT2D eigenvalue weighted by atomic mass is 32.2. The van der Waals surface area contributed by atoms with E-state index >= 15 is 0 Å². The average molecular weight is 262 g/mol. The molecule has 0 N–H and O–H groups in total. The van der Waals surface area contributed by atoms with Crippen LogP contribution in [0.5, 0.6) is 0 Å². The summed E-state index contributed by atoms with van der Waals surface area (Å²) in [5.41, 5.74) is 0.776. The second-order valence-corrected chi connectivity index (χ2v) is 5.57. The predicted molar refractivity (Wildman–Crippen MR) is 76.7 cm³/mol. The van der Waals surface area contributed by atoms with Gasteiger partial charge in [0, 0.05) is 17.5 Å². The first-order chi connectivity index (χ1) is 8.72. The highest BCUT2D eigenvalue weighted by Gasteiger charge is 2.25. The van der Waals surface area contributed by atoms with Crippen LogP contribution in [0.1, 0.15) is 23.7 Å². The van der Waals surface area contributed by atoms with E-state index in [1.807, 2.05) is 48.0 Å². The smallest absolute Gasteiger partial charge is 0.187 e. The Morgan fingerprint density at radius 1 is 1.44 bits per heavy atom. The molecule has 1 atom stereocenters. The van der Waals surface area contributed by atoms with Crippen molar-refractivity contribution in [3.63, 3.8) is 0 Å². The Hall–Kier alpha value is -1.29. The third-order valence-corrected chi connectivity index (χ3v) is 4.17. The van der Waals surface area contributed by atoms with Crippen molar-refractivity contribution in [2.24, 2.45) is 4.99 Å². The van der Waals surface area contributed by atoms with Gasteiger partial charge in [-0.05, 0) is 24.3 Å². The number of hydrogen-bond acceptors (Lipinski definition) is 4. The maximum atomic E-state index is 12.3. The van der Waals surface area contributed by atoms with Gasteiger partial charge >= 0.3 is 0 Å². The van der Waals surface area contributed by atoms with E-state index in [0.717, 1.165) is 17.7 Å². The minimum Gasteiger partial charge on any atom is -0.354 e. The number of Topliss-reactive ketones (excluding diaryl/α,β-unsaturated/α-hetero) is 1. The van der Waals surface area contributed by atoms with Crippen LogP contribution in [-0.2, 0) is 0 Å². The molecule has 0 aromatic heterocycles. The summed E-state index contributed by atoms with van der Waals surface area (Å²) in [6, 6.07) is 7.78. The van der Waals surface area contributed by atoms with Crippen LogP contribution >= 0.6 is 11.8 Å². The molecule has 0 saturated carbocycles. The zero-order chi connectivity index (χ0) is 13.0. The number of benzene rings is 1. The van der Waals surface area contributed by atoms with E-state index < -0.39 is 0 Å². The fourth-order valence-electron chi connectivity index (χ4n) is 1.88. The van der Waals surface area contributed by atoms with Gasteiger partial charge in [-0.25, -0.2) is 0 Å². The highest BCUT2D eigenvalue weighted by Crippen LogP contribution is 2.20. The summed E-state index contributed by atoms with van der Waals surface area (Å²) < 4.78 is 0. The van der Waals surface area contributed by atoms with Gasteiger partial charge in [-0.1, -0.05) is 19.1 Å². The lowest BCUT2D eigenvalue weighted by atomic mass is 10.0. The second-order valence-electron chi connectivity index (χ2n) is 4.40. The van der Waals surface area contributed by atoms with Crippen molar-refractivity contribution >= 4 is 23.9 Å². The quantitative estimate of drug-likeness (QED) is 0.604. The summed E-state index contributed by atoms with van der Waals surface area (Å²) in [5, 5.41) is 0. The largest absolute Gasteiger partial charge is 0.354 e. The molecule has 1 aromatic rings. The van der Waals surface area contributed by atoms with E-state index in [1.165, 1.54) is 4.90 Å². The van der Waals surface area contributed by atoms with Crippen molar-refractivity contribution < 1.29 is 4.79 Å². The molecule has 0 radical (unpaired) electrons. The molecule has 4 heteroatoms. The second kappa shape index (κ2) is 6.05. The molecule has 0 amide bonds.